The number of hydrogen-bond acceptors (Lipinski definition) is 2. The Bertz CT molecular complexity index is 483. The molecule has 2 nitrogen and oxygen atoms in total. The smallest absolute Gasteiger partial charge is 0.0969 e. The van der Waals surface area contributed by atoms with Gasteiger partial charge in [0.05, 0.1) is 5.82 Å². The molecule has 1 aliphatic heterocycles. The van der Waals surface area contributed by atoms with Crippen molar-refractivity contribution in [3.8, 4) is 0 Å². The van der Waals surface area contributed by atoms with E-state index < -0.39 is 0 Å². The van der Waals surface area contributed by atoms with Crippen LogP contribution in [0.3, 0.4) is 0 Å². The van der Waals surface area contributed by atoms with Crippen molar-refractivity contribution in [2.24, 2.45) is 5.41 Å². The van der Waals surface area contributed by atoms with E-state index in [9.17, 15) is 0 Å². The average Bonchev–Trinajstić information content (AvgIpc) is 2.70. The molecule has 1 aliphatic rings. The molecule has 0 aromatic heterocycles. The highest BCUT2D eigenvalue weighted by Gasteiger charge is 2.64. The molecule has 1 fully saturated rings. The summed E-state index contributed by atoms with van der Waals surface area (Å²) in [4.78, 5) is 5.17. The molecule has 1 heterocycles. The predicted octanol–water partition coefficient (Wildman–Crippen LogP) is 8.38. The first kappa shape index (κ1) is 26.4. The third-order valence-electron chi connectivity index (χ3n) is 8.59. The molecule has 0 amide bonds. The molecule has 0 saturated carbocycles. The second-order valence-electron chi connectivity index (χ2n) is 10.3. The fourth-order valence-electron chi connectivity index (χ4n) is 6.56. The van der Waals surface area contributed by atoms with Crippen molar-refractivity contribution in [1.82, 2.24) is 9.80 Å². The summed E-state index contributed by atoms with van der Waals surface area (Å²) < 4.78 is 0. The first-order valence-electron chi connectivity index (χ1n) is 12.9. The first-order valence-corrected chi connectivity index (χ1v) is 12.9. The van der Waals surface area contributed by atoms with Gasteiger partial charge in [-0.15, -0.1) is 0 Å². The predicted molar refractivity (Wildman–Crippen MR) is 131 cm³/mol. The van der Waals surface area contributed by atoms with Crippen molar-refractivity contribution in [2.45, 2.75) is 143 Å². The van der Waals surface area contributed by atoms with Gasteiger partial charge in [-0.05, 0) is 39.5 Å². The highest BCUT2D eigenvalue weighted by atomic mass is 15.4. The van der Waals surface area contributed by atoms with E-state index in [1.54, 1.807) is 0 Å². The normalized spacial score (nSPS) is 27.0. The molecule has 172 valence electrons. The van der Waals surface area contributed by atoms with Gasteiger partial charge >= 0.3 is 0 Å². The Morgan fingerprint density at radius 1 is 0.621 bits per heavy atom. The van der Waals surface area contributed by atoms with Gasteiger partial charge in [0.1, 0.15) is 0 Å². The molecule has 0 bridgehead atoms. The third-order valence-corrected chi connectivity index (χ3v) is 8.59. The lowest BCUT2D eigenvalue weighted by Gasteiger charge is -2.70. The third kappa shape index (κ3) is 4.99. The summed E-state index contributed by atoms with van der Waals surface area (Å²) in [5.74, 6) is 1.23. The van der Waals surface area contributed by atoms with Gasteiger partial charge in [-0.25, -0.2) is 0 Å². The van der Waals surface area contributed by atoms with Crippen molar-refractivity contribution in [3.05, 3.63) is 12.4 Å². The molecule has 0 radical (unpaired) electrons. The molecule has 1 rings (SSSR count). The number of hydrogen-bond donors (Lipinski definition) is 0. The molecule has 0 aliphatic carbocycles. The maximum absolute atomic E-state index is 4.60. The second-order valence-corrected chi connectivity index (χ2v) is 10.3. The van der Waals surface area contributed by atoms with E-state index in [0.29, 0.717) is 5.41 Å². The van der Waals surface area contributed by atoms with Crippen LogP contribution in [0.4, 0.5) is 0 Å². The van der Waals surface area contributed by atoms with E-state index >= 15 is 0 Å². The number of rotatable bonds is 14. The molecular formula is C27H54N2. The van der Waals surface area contributed by atoms with Crippen LogP contribution < -0.4 is 0 Å². The zero-order valence-electron chi connectivity index (χ0n) is 21.5. The number of nitrogens with zero attached hydrogens (tertiary/aromatic N) is 2. The van der Waals surface area contributed by atoms with Gasteiger partial charge in [-0.2, -0.15) is 0 Å². The van der Waals surface area contributed by atoms with Crippen LogP contribution in [0.2, 0.25) is 0 Å². The van der Waals surface area contributed by atoms with Gasteiger partial charge in [0.2, 0.25) is 0 Å². The topological polar surface area (TPSA) is 6.48 Å². The van der Waals surface area contributed by atoms with Crippen LogP contribution >= 0.6 is 0 Å². The van der Waals surface area contributed by atoms with E-state index in [1.807, 2.05) is 0 Å². The standard InChI is InChI=1S/C27H54N2/c1-10-14-17-19-23-27(22-18-15-11-2)26(20-13-4,21-16-12-3)25(6,7)28(8)24(5)29(27)9/h5,10-23H2,1-4,6-9H3. The quantitative estimate of drug-likeness (QED) is 0.267. The fourth-order valence-corrected chi connectivity index (χ4v) is 6.56. The minimum Gasteiger partial charge on any atom is -0.356 e. The first-order chi connectivity index (χ1) is 13.7. The van der Waals surface area contributed by atoms with E-state index in [-0.39, 0.29) is 11.1 Å². The molecule has 0 aromatic rings. The summed E-state index contributed by atoms with van der Waals surface area (Å²) in [5.41, 5.74) is 0.655. The van der Waals surface area contributed by atoms with Crippen LogP contribution in [0.25, 0.3) is 0 Å². The molecule has 0 N–H and O–H groups in total. The van der Waals surface area contributed by atoms with Crippen molar-refractivity contribution in [1.29, 1.82) is 0 Å². The summed E-state index contributed by atoms with van der Waals surface area (Å²) >= 11 is 0. The SMILES string of the molecule is C=C1N(C)C(C)(C)C(CCC)(CCCC)C(CCCCC)(CCCCCC)N1C. The maximum Gasteiger partial charge on any atom is 0.0969 e. The average molecular weight is 407 g/mol. The number of unbranched alkanes of at least 4 members (excludes halogenated alkanes) is 6. The van der Waals surface area contributed by atoms with E-state index in [0.717, 1.165) is 0 Å². The Kier molecular flexibility index (Phi) is 10.6. The van der Waals surface area contributed by atoms with Crippen LogP contribution in [-0.4, -0.2) is 35.0 Å². The molecule has 29 heavy (non-hydrogen) atoms. The van der Waals surface area contributed by atoms with Crippen molar-refractivity contribution >= 4 is 0 Å². The Morgan fingerprint density at radius 2 is 1.14 bits per heavy atom. The fraction of sp³-hybridized carbons (Fsp3) is 0.926. The van der Waals surface area contributed by atoms with Gasteiger partial charge in [0.15, 0.2) is 0 Å². The minimum atomic E-state index is 0.124. The Morgan fingerprint density at radius 3 is 1.66 bits per heavy atom. The van der Waals surface area contributed by atoms with Gasteiger partial charge < -0.3 is 9.80 Å². The van der Waals surface area contributed by atoms with E-state index in [4.69, 9.17) is 0 Å². The summed E-state index contributed by atoms with van der Waals surface area (Å²) in [5, 5.41) is 0. The Labute approximate surface area is 184 Å². The van der Waals surface area contributed by atoms with E-state index in [2.05, 4.69) is 72.0 Å². The van der Waals surface area contributed by atoms with Gasteiger partial charge in [-0.1, -0.05) is 98.5 Å². The van der Waals surface area contributed by atoms with Crippen LogP contribution in [0.15, 0.2) is 12.4 Å². The highest BCUT2D eigenvalue weighted by Crippen LogP contribution is 2.61. The minimum absolute atomic E-state index is 0.124. The van der Waals surface area contributed by atoms with Gasteiger partial charge in [0.25, 0.3) is 0 Å². The Balaban J connectivity index is 3.56. The lowest BCUT2D eigenvalue weighted by atomic mass is 9.50. The van der Waals surface area contributed by atoms with Crippen molar-refractivity contribution < 1.29 is 0 Å². The largest absolute Gasteiger partial charge is 0.356 e. The van der Waals surface area contributed by atoms with Crippen LogP contribution in [0.1, 0.15) is 131 Å². The molecule has 0 aromatic carbocycles. The summed E-state index contributed by atoms with van der Waals surface area (Å²) in [6, 6.07) is 0. The van der Waals surface area contributed by atoms with Crippen LogP contribution in [-0.2, 0) is 0 Å². The lowest BCUT2D eigenvalue weighted by Crippen LogP contribution is -2.75. The van der Waals surface area contributed by atoms with Crippen LogP contribution in [0, 0.1) is 5.41 Å². The highest BCUT2D eigenvalue weighted by molar-refractivity contribution is 5.23. The Hall–Kier alpha value is -0.660. The molecule has 2 atom stereocenters. The maximum atomic E-state index is 4.60. The van der Waals surface area contributed by atoms with Crippen molar-refractivity contribution in [2.75, 3.05) is 14.1 Å². The zero-order chi connectivity index (χ0) is 22.1. The van der Waals surface area contributed by atoms with Gasteiger partial charge in [-0.3, -0.25) is 0 Å². The van der Waals surface area contributed by atoms with Gasteiger partial charge in [0, 0.05) is 30.6 Å². The van der Waals surface area contributed by atoms with E-state index in [1.165, 1.54) is 95.7 Å². The summed E-state index contributed by atoms with van der Waals surface area (Å²) in [7, 11) is 4.67. The summed E-state index contributed by atoms with van der Waals surface area (Å²) in [6.07, 6.45) is 18.6. The molecule has 1 saturated heterocycles. The van der Waals surface area contributed by atoms with Crippen LogP contribution in [0.5, 0.6) is 0 Å². The monoisotopic (exact) mass is 406 g/mol. The molecule has 0 spiro atoms. The van der Waals surface area contributed by atoms with Crippen molar-refractivity contribution in [3.63, 3.8) is 0 Å². The summed E-state index contributed by atoms with van der Waals surface area (Å²) in [6.45, 7) is 19.1. The molecule has 2 unspecified atom stereocenters. The lowest BCUT2D eigenvalue weighted by molar-refractivity contribution is -0.170. The molecular weight excluding hydrogens is 352 g/mol. The molecule has 2 heteroatoms. The zero-order valence-corrected chi connectivity index (χ0v) is 21.5. The second kappa shape index (κ2) is 11.7.